The van der Waals surface area contributed by atoms with E-state index in [2.05, 4.69) is 10.4 Å². The molecule has 1 aromatic carbocycles. The number of nitrogens with one attached hydrogen (secondary N) is 1. The van der Waals surface area contributed by atoms with Crippen LogP contribution in [0.3, 0.4) is 0 Å². The minimum atomic E-state index is -3.57. The molecule has 1 aliphatic rings. The van der Waals surface area contributed by atoms with Crippen LogP contribution in [-0.2, 0) is 14.8 Å². The third-order valence-electron chi connectivity index (χ3n) is 5.44. The lowest BCUT2D eigenvalue weighted by Crippen LogP contribution is -2.42. The number of carbonyl (C=O) groups is 1. The van der Waals surface area contributed by atoms with Crippen LogP contribution in [0.25, 0.3) is 0 Å². The van der Waals surface area contributed by atoms with Gasteiger partial charge < -0.3 is 5.32 Å². The molecule has 1 aliphatic heterocycles. The summed E-state index contributed by atoms with van der Waals surface area (Å²) in [5, 5.41) is 7.17. The van der Waals surface area contributed by atoms with Gasteiger partial charge in [-0.2, -0.15) is 9.40 Å². The average molecular weight is 419 g/mol. The van der Waals surface area contributed by atoms with Crippen molar-refractivity contribution in [2.75, 3.05) is 18.4 Å². The van der Waals surface area contributed by atoms with E-state index in [1.165, 1.54) is 4.31 Å². The molecule has 1 saturated heterocycles. The van der Waals surface area contributed by atoms with Crippen molar-refractivity contribution in [3.05, 3.63) is 41.1 Å². The second-order valence-electron chi connectivity index (χ2n) is 8.15. The molecule has 8 heteroatoms. The predicted molar refractivity (Wildman–Crippen MR) is 113 cm³/mol. The van der Waals surface area contributed by atoms with Crippen LogP contribution in [0.15, 0.2) is 29.3 Å². The summed E-state index contributed by atoms with van der Waals surface area (Å²) < 4.78 is 29.7. The van der Waals surface area contributed by atoms with E-state index in [0.717, 1.165) is 16.7 Å². The maximum atomic E-state index is 13.2. The van der Waals surface area contributed by atoms with Gasteiger partial charge in [0.1, 0.15) is 5.82 Å². The number of amides is 1. The lowest BCUT2D eigenvalue weighted by molar-refractivity contribution is -0.121. The minimum absolute atomic E-state index is 0.0767. The Bertz CT molecular complexity index is 980. The molecule has 7 nitrogen and oxygen atoms in total. The zero-order valence-corrected chi connectivity index (χ0v) is 18.6. The van der Waals surface area contributed by atoms with E-state index in [1.807, 2.05) is 46.8 Å². The molecule has 0 spiro atoms. The molecule has 0 saturated carbocycles. The van der Waals surface area contributed by atoms with Crippen molar-refractivity contribution in [2.24, 2.45) is 5.92 Å². The highest BCUT2D eigenvalue weighted by Crippen LogP contribution is 2.29. The summed E-state index contributed by atoms with van der Waals surface area (Å²) in [6.07, 6.45) is 2.67. The summed E-state index contributed by atoms with van der Waals surface area (Å²) in [6, 6.07) is 5.73. The highest BCUT2D eigenvalue weighted by Gasteiger charge is 2.34. The van der Waals surface area contributed by atoms with Crippen LogP contribution >= 0.6 is 0 Å². The summed E-state index contributed by atoms with van der Waals surface area (Å²) in [6.45, 7) is 10.3. The fraction of sp³-hybridized carbons (Fsp3) is 0.524. The number of benzene rings is 1. The van der Waals surface area contributed by atoms with Gasteiger partial charge in [0.2, 0.25) is 15.9 Å². The quantitative estimate of drug-likeness (QED) is 0.806. The van der Waals surface area contributed by atoms with Crippen LogP contribution in [0.5, 0.6) is 0 Å². The van der Waals surface area contributed by atoms with Gasteiger partial charge in [-0.15, -0.1) is 0 Å². The molecule has 29 heavy (non-hydrogen) atoms. The Morgan fingerprint density at radius 1 is 1.14 bits per heavy atom. The number of aromatic nitrogens is 2. The number of nitrogens with zero attached hydrogens (tertiary/aromatic N) is 3. The van der Waals surface area contributed by atoms with Gasteiger partial charge in [0.05, 0.1) is 11.1 Å². The minimum Gasteiger partial charge on any atom is -0.311 e. The lowest BCUT2D eigenvalue weighted by Gasteiger charge is -2.31. The highest BCUT2D eigenvalue weighted by atomic mass is 32.2. The smallest absolute Gasteiger partial charge is 0.243 e. The summed E-state index contributed by atoms with van der Waals surface area (Å²) in [7, 11) is -3.57. The number of piperidine rings is 1. The lowest BCUT2D eigenvalue weighted by atomic mass is 9.97. The van der Waals surface area contributed by atoms with Crippen molar-refractivity contribution in [2.45, 2.75) is 58.4 Å². The van der Waals surface area contributed by atoms with E-state index in [0.29, 0.717) is 36.6 Å². The third kappa shape index (κ3) is 4.38. The van der Waals surface area contributed by atoms with Crippen LogP contribution in [0.1, 0.15) is 49.4 Å². The summed E-state index contributed by atoms with van der Waals surface area (Å²) in [4.78, 5) is 13.1. The Labute approximate surface area is 173 Å². The molecule has 1 fully saturated rings. The van der Waals surface area contributed by atoms with Crippen molar-refractivity contribution >= 4 is 21.7 Å². The van der Waals surface area contributed by atoms with Crippen molar-refractivity contribution < 1.29 is 13.2 Å². The largest absolute Gasteiger partial charge is 0.311 e. The van der Waals surface area contributed by atoms with E-state index < -0.39 is 10.0 Å². The zero-order chi connectivity index (χ0) is 21.3. The molecule has 2 heterocycles. The third-order valence-corrected chi connectivity index (χ3v) is 7.64. The molecular weight excluding hydrogens is 388 g/mol. The van der Waals surface area contributed by atoms with Crippen molar-refractivity contribution in [1.82, 2.24) is 14.1 Å². The maximum Gasteiger partial charge on any atom is 0.243 e. The van der Waals surface area contributed by atoms with E-state index in [4.69, 9.17) is 0 Å². The first-order valence-electron chi connectivity index (χ1n) is 10.0. The number of anilines is 1. The number of rotatable bonds is 5. The number of hydrogen-bond acceptors (Lipinski definition) is 4. The fourth-order valence-corrected chi connectivity index (χ4v) is 6.00. The molecule has 1 aromatic heterocycles. The second-order valence-corrected chi connectivity index (χ2v) is 10.0. The van der Waals surface area contributed by atoms with E-state index in [9.17, 15) is 13.2 Å². The molecule has 0 unspecified atom stereocenters. The molecule has 158 valence electrons. The van der Waals surface area contributed by atoms with Crippen LogP contribution in [0, 0.1) is 26.7 Å². The Morgan fingerprint density at radius 2 is 1.72 bits per heavy atom. The van der Waals surface area contributed by atoms with Crippen molar-refractivity contribution in [3.63, 3.8) is 0 Å². The van der Waals surface area contributed by atoms with Gasteiger partial charge >= 0.3 is 0 Å². The van der Waals surface area contributed by atoms with Gasteiger partial charge in [-0.25, -0.2) is 13.1 Å². The molecule has 1 amide bonds. The first-order valence-corrected chi connectivity index (χ1v) is 11.5. The summed E-state index contributed by atoms with van der Waals surface area (Å²) >= 11 is 0. The highest BCUT2D eigenvalue weighted by molar-refractivity contribution is 7.89. The molecule has 0 aliphatic carbocycles. The molecule has 3 rings (SSSR count). The van der Waals surface area contributed by atoms with E-state index >= 15 is 0 Å². The number of sulfonamides is 1. The average Bonchev–Trinajstić information content (AvgIpc) is 3.09. The predicted octanol–water partition coefficient (Wildman–Crippen LogP) is 3.43. The molecule has 2 aromatic rings. The number of aryl methyl sites for hydroxylation is 3. The molecular formula is C21H30N4O3S. The van der Waals surface area contributed by atoms with Crippen LogP contribution < -0.4 is 5.32 Å². The van der Waals surface area contributed by atoms with Crippen molar-refractivity contribution in [3.8, 4) is 0 Å². The fourth-order valence-electron chi connectivity index (χ4n) is 4.11. The summed E-state index contributed by atoms with van der Waals surface area (Å²) in [5.74, 6) is 0.385. The van der Waals surface area contributed by atoms with Crippen LogP contribution in [-0.4, -0.2) is 41.5 Å². The second kappa shape index (κ2) is 8.28. The number of hydrogen-bond donors (Lipinski definition) is 1. The maximum absolute atomic E-state index is 13.2. The van der Waals surface area contributed by atoms with Gasteiger partial charge in [0.25, 0.3) is 0 Å². The first kappa shape index (κ1) is 21.5. The molecule has 0 bridgehead atoms. The Balaban J connectivity index is 1.69. The van der Waals surface area contributed by atoms with Gasteiger partial charge in [0, 0.05) is 31.1 Å². The van der Waals surface area contributed by atoms with Gasteiger partial charge in [-0.1, -0.05) is 17.7 Å². The normalized spacial score (nSPS) is 16.3. The molecule has 0 radical (unpaired) electrons. The molecule has 1 N–H and O–H groups in total. The van der Waals surface area contributed by atoms with Gasteiger partial charge in [-0.3, -0.25) is 4.79 Å². The number of carbonyl (C=O) groups excluding carboxylic acids is 1. The van der Waals surface area contributed by atoms with Gasteiger partial charge in [-0.05, 0) is 58.6 Å². The first-order chi connectivity index (χ1) is 13.6. The van der Waals surface area contributed by atoms with E-state index in [-0.39, 0.29) is 17.9 Å². The molecule has 0 atom stereocenters. The van der Waals surface area contributed by atoms with Gasteiger partial charge in [0.15, 0.2) is 0 Å². The SMILES string of the molecule is Cc1cc(C)c(S(=O)(=O)N2CCC(C(=O)Nc3ccnn3C(C)C)CC2)c(C)c1. The summed E-state index contributed by atoms with van der Waals surface area (Å²) in [5.41, 5.74) is 2.59. The Morgan fingerprint density at radius 3 is 2.28 bits per heavy atom. The van der Waals surface area contributed by atoms with Crippen molar-refractivity contribution in [1.29, 1.82) is 0 Å². The Kier molecular flexibility index (Phi) is 6.14. The van der Waals surface area contributed by atoms with E-state index in [1.54, 1.807) is 16.9 Å². The van der Waals surface area contributed by atoms with Crippen LogP contribution in [0.2, 0.25) is 0 Å². The Hall–Kier alpha value is -2.19. The topological polar surface area (TPSA) is 84.3 Å². The zero-order valence-electron chi connectivity index (χ0n) is 17.8. The standard InChI is InChI=1S/C21H30N4O3S/c1-14(2)25-19(6-9-22-25)23-21(26)18-7-10-24(11-8-18)29(27,28)20-16(4)12-15(3)13-17(20)5/h6,9,12-14,18H,7-8,10-11H2,1-5H3,(H,23,26). The van der Waals surface area contributed by atoms with Crippen LogP contribution in [0.4, 0.5) is 5.82 Å². The monoisotopic (exact) mass is 418 g/mol.